The quantitative estimate of drug-likeness (QED) is 0.741. The molecule has 1 unspecified atom stereocenters. The van der Waals surface area contributed by atoms with Crippen molar-refractivity contribution in [2.45, 2.75) is 25.6 Å². The van der Waals surface area contributed by atoms with Crippen LogP contribution >= 0.6 is 15.9 Å². The van der Waals surface area contributed by atoms with Gasteiger partial charge in [-0.3, -0.25) is 4.79 Å². The van der Waals surface area contributed by atoms with Crippen molar-refractivity contribution in [3.63, 3.8) is 0 Å². The Bertz CT molecular complexity index is 769. The summed E-state index contributed by atoms with van der Waals surface area (Å²) in [6, 6.07) is 10.7. The number of carbonyl (C=O) groups excluding carboxylic acids is 1. The summed E-state index contributed by atoms with van der Waals surface area (Å²) in [6.45, 7) is 1.21. The highest BCUT2D eigenvalue weighted by atomic mass is 79.9. The lowest BCUT2D eigenvalue weighted by molar-refractivity contribution is -0.00764. The molecule has 0 bridgehead atoms. The summed E-state index contributed by atoms with van der Waals surface area (Å²) in [6.07, 6.45) is 1.48. The number of likely N-dealkylation sites (tertiary alicyclic amines) is 1. The first-order valence-corrected chi connectivity index (χ1v) is 8.92. The fourth-order valence-electron chi connectivity index (χ4n) is 2.91. The Balaban J connectivity index is 1.60. The maximum atomic E-state index is 13.7. The van der Waals surface area contributed by atoms with Crippen LogP contribution in [-0.2, 0) is 11.3 Å². The van der Waals surface area contributed by atoms with Gasteiger partial charge in [0, 0.05) is 34.8 Å². The summed E-state index contributed by atoms with van der Waals surface area (Å²) < 4.78 is 33.2. The zero-order valence-corrected chi connectivity index (χ0v) is 15.1. The lowest BCUT2D eigenvalue weighted by atomic mass is 10.1. The third-order valence-corrected chi connectivity index (χ3v) is 4.72. The van der Waals surface area contributed by atoms with E-state index in [-0.39, 0.29) is 18.6 Å². The van der Waals surface area contributed by atoms with Gasteiger partial charge in [-0.1, -0.05) is 28.1 Å². The predicted molar refractivity (Wildman–Crippen MR) is 94.2 cm³/mol. The molecule has 3 rings (SSSR count). The van der Waals surface area contributed by atoms with Gasteiger partial charge in [-0.2, -0.15) is 0 Å². The SMILES string of the molecule is O=C(c1cccc(Br)c1)N1CCCC(OCc2ccc(F)cc2F)C1. The largest absolute Gasteiger partial charge is 0.372 e. The molecule has 0 saturated carbocycles. The highest BCUT2D eigenvalue weighted by Gasteiger charge is 2.25. The minimum Gasteiger partial charge on any atom is -0.372 e. The molecular weight excluding hydrogens is 392 g/mol. The average molecular weight is 410 g/mol. The second-order valence-corrected chi connectivity index (χ2v) is 6.99. The van der Waals surface area contributed by atoms with Crippen LogP contribution in [0.4, 0.5) is 8.78 Å². The van der Waals surface area contributed by atoms with Gasteiger partial charge in [-0.15, -0.1) is 0 Å². The van der Waals surface area contributed by atoms with Crippen molar-refractivity contribution < 1.29 is 18.3 Å². The zero-order chi connectivity index (χ0) is 17.8. The van der Waals surface area contributed by atoms with Gasteiger partial charge in [0.15, 0.2) is 0 Å². The summed E-state index contributed by atoms with van der Waals surface area (Å²) in [4.78, 5) is 14.4. The molecular formula is C19H18BrF2NO2. The van der Waals surface area contributed by atoms with Gasteiger partial charge < -0.3 is 9.64 Å². The molecule has 0 radical (unpaired) electrons. The molecule has 6 heteroatoms. The van der Waals surface area contributed by atoms with Gasteiger partial charge in [0.05, 0.1) is 12.7 Å². The van der Waals surface area contributed by atoms with E-state index in [0.29, 0.717) is 24.2 Å². The number of benzene rings is 2. The van der Waals surface area contributed by atoms with Crippen LogP contribution in [0.15, 0.2) is 46.9 Å². The number of hydrogen-bond acceptors (Lipinski definition) is 2. The summed E-state index contributed by atoms with van der Waals surface area (Å²) >= 11 is 3.37. The highest BCUT2D eigenvalue weighted by molar-refractivity contribution is 9.10. The Hall–Kier alpha value is -1.79. The number of hydrogen-bond donors (Lipinski definition) is 0. The van der Waals surface area contributed by atoms with E-state index in [0.717, 1.165) is 23.4 Å². The van der Waals surface area contributed by atoms with Crippen molar-refractivity contribution in [3.05, 3.63) is 69.7 Å². The normalized spacial score (nSPS) is 17.6. The monoisotopic (exact) mass is 409 g/mol. The first kappa shape index (κ1) is 18.0. The number of amides is 1. The van der Waals surface area contributed by atoms with Crippen LogP contribution in [0.1, 0.15) is 28.8 Å². The first-order chi connectivity index (χ1) is 12.0. The van der Waals surface area contributed by atoms with Crippen LogP contribution in [0.5, 0.6) is 0 Å². The molecule has 1 heterocycles. The Kier molecular flexibility index (Phi) is 5.81. The Morgan fingerprint density at radius 3 is 2.84 bits per heavy atom. The smallest absolute Gasteiger partial charge is 0.253 e. The molecule has 1 aliphatic rings. The topological polar surface area (TPSA) is 29.5 Å². The Labute approximate surface area is 153 Å². The molecule has 0 N–H and O–H groups in total. The zero-order valence-electron chi connectivity index (χ0n) is 13.6. The number of nitrogens with zero attached hydrogens (tertiary/aromatic N) is 1. The van der Waals surface area contributed by atoms with Crippen molar-refractivity contribution in [2.24, 2.45) is 0 Å². The van der Waals surface area contributed by atoms with E-state index < -0.39 is 11.6 Å². The summed E-state index contributed by atoms with van der Waals surface area (Å²) in [7, 11) is 0. The molecule has 0 aromatic heterocycles. The molecule has 3 nitrogen and oxygen atoms in total. The van der Waals surface area contributed by atoms with Gasteiger partial charge >= 0.3 is 0 Å². The number of piperidine rings is 1. The van der Waals surface area contributed by atoms with E-state index in [1.807, 2.05) is 12.1 Å². The van der Waals surface area contributed by atoms with Gasteiger partial charge in [0.1, 0.15) is 11.6 Å². The van der Waals surface area contributed by atoms with Crippen molar-refractivity contribution >= 4 is 21.8 Å². The van der Waals surface area contributed by atoms with Crippen molar-refractivity contribution in [1.29, 1.82) is 0 Å². The number of ether oxygens (including phenoxy) is 1. The van der Waals surface area contributed by atoms with E-state index >= 15 is 0 Å². The number of carbonyl (C=O) groups is 1. The van der Waals surface area contributed by atoms with Crippen LogP contribution < -0.4 is 0 Å². The van der Waals surface area contributed by atoms with Crippen LogP contribution in [0, 0.1) is 11.6 Å². The minimum absolute atomic E-state index is 0.0393. The third kappa shape index (κ3) is 4.64. The van der Waals surface area contributed by atoms with Crippen LogP contribution in [0.2, 0.25) is 0 Å². The first-order valence-electron chi connectivity index (χ1n) is 8.13. The summed E-state index contributed by atoms with van der Waals surface area (Å²) in [5.74, 6) is -1.26. The van der Waals surface area contributed by atoms with Crippen molar-refractivity contribution in [1.82, 2.24) is 4.90 Å². The standard InChI is InChI=1S/C19H18BrF2NO2/c20-15-4-1-3-13(9-15)19(24)23-8-2-5-17(11-23)25-12-14-6-7-16(21)10-18(14)22/h1,3-4,6-7,9-10,17H,2,5,8,11-12H2. The van der Waals surface area contributed by atoms with Crippen molar-refractivity contribution in [3.8, 4) is 0 Å². The van der Waals surface area contributed by atoms with E-state index in [1.165, 1.54) is 12.1 Å². The molecule has 0 spiro atoms. The second kappa shape index (κ2) is 8.06. The third-order valence-electron chi connectivity index (χ3n) is 4.23. The molecule has 1 atom stereocenters. The molecule has 2 aromatic rings. The van der Waals surface area contributed by atoms with Gasteiger partial charge in [0.2, 0.25) is 0 Å². The molecule has 1 fully saturated rings. The van der Waals surface area contributed by atoms with E-state index in [4.69, 9.17) is 4.74 Å². The lowest BCUT2D eigenvalue weighted by Crippen LogP contribution is -2.43. The van der Waals surface area contributed by atoms with Gasteiger partial charge in [-0.05, 0) is 37.1 Å². The van der Waals surface area contributed by atoms with Crippen LogP contribution in [0.25, 0.3) is 0 Å². The van der Waals surface area contributed by atoms with E-state index in [2.05, 4.69) is 15.9 Å². The number of halogens is 3. The lowest BCUT2D eigenvalue weighted by Gasteiger charge is -2.32. The second-order valence-electron chi connectivity index (χ2n) is 6.07. The molecule has 0 aliphatic carbocycles. The molecule has 132 valence electrons. The molecule has 2 aromatic carbocycles. The Morgan fingerprint density at radius 1 is 1.24 bits per heavy atom. The molecule has 1 aliphatic heterocycles. The highest BCUT2D eigenvalue weighted by Crippen LogP contribution is 2.20. The van der Waals surface area contributed by atoms with Crippen LogP contribution in [0.3, 0.4) is 0 Å². The fraction of sp³-hybridized carbons (Fsp3) is 0.316. The summed E-state index contributed by atoms with van der Waals surface area (Å²) in [5.41, 5.74) is 0.941. The maximum Gasteiger partial charge on any atom is 0.253 e. The van der Waals surface area contributed by atoms with E-state index in [9.17, 15) is 13.6 Å². The average Bonchev–Trinajstić information content (AvgIpc) is 2.60. The maximum absolute atomic E-state index is 13.7. The fourth-order valence-corrected chi connectivity index (χ4v) is 3.31. The van der Waals surface area contributed by atoms with Gasteiger partial charge in [-0.25, -0.2) is 8.78 Å². The van der Waals surface area contributed by atoms with Crippen LogP contribution in [-0.4, -0.2) is 30.0 Å². The molecule has 25 heavy (non-hydrogen) atoms. The predicted octanol–water partition coefficient (Wildman–Crippen LogP) is 4.55. The van der Waals surface area contributed by atoms with E-state index in [1.54, 1.807) is 17.0 Å². The minimum atomic E-state index is -0.613. The Morgan fingerprint density at radius 2 is 2.08 bits per heavy atom. The molecule has 1 saturated heterocycles. The molecule has 1 amide bonds. The van der Waals surface area contributed by atoms with Crippen molar-refractivity contribution in [2.75, 3.05) is 13.1 Å². The number of rotatable bonds is 4. The summed E-state index contributed by atoms with van der Waals surface area (Å²) in [5, 5.41) is 0. The van der Waals surface area contributed by atoms with Gasteiger partial charge in [0.25, 0.3) is 5.91 Å².